The highest BCUT2D eigenvalue weighted by Gasteiger charge is 2.50. The molecule has 18 N–H and O–H groups in total. The molecule has 4 fully saturated rings. The van der Waals surface area contributed by atoms with E-state index in [1.807, 2.05) is 0 Å². The smallest absolute Gasteiger partial charge is 0.220 e. The summed E-state index contributed by atoms with van der Waals surface area (Å²) < 4.78 is 44.2. The van der Waals surface area contributed by atoms with Crippen LogP contribution < -0.4 is 16.0 Å². The number of hydrogen-bond acceptors (Lipinski definition) is 25. The second kappa shape index (κ2) is 25.6. The number of nitrogens with one attached hydrogen (secondary N) is 3. The number of unbranched alkanes of at least 4 members (excludes halogenated alkanes) is 2. The van der Waals surface area contributed by atoms with Crippen molar-refractivity contribution in [1.29, 1.82) is 0 Å². The Balaban J connectivity index is 1.46. The van der Waals surface area contributed by atoms with Gasteiger partial charge in [-0.1, -0.05) is 6.42 Å². The number of aliphatic hydroxyl groups excluding tert-OH is 15. The third-order valence-corrected chi connectivity index (χ3v) is 11.5. The molecule has 4 aliphatic heterocycles. The first kappa shape index (κ1) is 54.8. The Labute approximate surface area is 371 Å². The average molecular weight is 956 g/mol. The molecule has 0 bridgehead atoms. The first-order valence-electron chi connectivity index (χ1n) is 20.6. The molecule has 0 spiro atoms. The van der Waals surface area contributed by atoms with Crippen molar-refractivity contribution in [3.63, 3.8) is 0 Å². The zero-order valence-electron chi connectivity index (χ0n) is 34.8. The van der Waals surface area contributed by atoms with Crippen LogP contribution in [-0.4, -0.2) is 276 Å². The van der Waals surface area contributed by atoms with Gasteiger partial charge in [-0.2, -0.15) is 0 Å². The molecule has 0 aromatic heterocycles. The van der Waals surface area contributed by atoms with E-state index in [1.165, 1.54) is 7.11 Å². The predicted molar refractivity (Wildman–Crippen MR) is 211 cm³/mol. The van der Waals surface area contributed by atoms with Crippen LogP contribution in [0, 0.1) is 0 Å². The van der Waals surface area contributed by atoms with Crippen LogP contribution in [0.5, 0.6) is 0 Å². The maximum atomic E-state index is 13.7. The van der Waals surface area contributed by atoms with E-state index in [1.54, 1.807) is 0 Å². The highest BCUT2D eigenvalue weighted by molar-refractivity contribution is 7.80. The first-order valence-corrected chi connectivity index (χ1v) is 21.1. The summed E-state index contributed by atoms with van der Waals surface area (Å²) in [7, 11) is 1.27. The van der Waals surface area contributed by atoms with Gasteiger partial charge >= 0.3 is 0 Å². The molecular formula is C36H65N3O24S. The molecule has 0 radical (unpaired) electrons. The summed E-state index contributed by atoms with van der Waals surface area (Å²) in [5.41, 5.74) is -2.04. The molecule has 0 unspecified atom stereocenters. The molecule has 4 aliphatic rings. The van der Waals surface area contributed by atoms with Gasteiger partial charge in [0.1, 0.15) is 103 Å². The maximum Gasteiger partial charge on any atom is 0.220 e. The second-order valence-corrected chi connectivity index (χ2v) is 16.5. The van der Waals surface area contributed by atoms with E-state index >= 15 is 0 Å². The lowest BCUT2D eigenvalue weighted by molar-refractivity contribution is -0.324. The van der Waals surface area contributed by atoms with Crippen LogP contribution in [0.4, 0.5) is 0 Å². The quantitative estimate of drug-likeness (QED) is 0.0354. The summed E-state index contributed by atoms with van der Waals surface area (Å²) in [6, 6.07) is 0. The number of ether oxygens (including phenoxy) is 8. The summed E-state index contributed by atoms with van der Waals surface area (Å²) in [4.78, 5) is 13.7. The lowest BCUT2D eigenvalue weighted by atomic mass is 9.97. The van der Waals surface area contributed by atoms with Crippen LogP contribution in [0.3, 0.4) is 0 Å². The van der Waals surface area contributed by atoms with Gasteiger partial charge in [0.15, 0.2) is 30.3 Å². The van der Waals surface area contributed by atoms with E-state index < -0.39 is 174 Å². The summed E-state index contributed by atoms with van der Waals surface area (Å²) in [5, 5.41) is 162. The zero-order chi connectivity index (χ0) is 47.5. The monoisotopic (exact) mass is 955 g/mol. The first-order chi connectivity index (χ1) is 30.3. The minimum Gasteiger partial charge on any atom is -0.394 e. The van der Waals surface area contributed by atoms with E-state index in [0.29, 0.717) is 19.4 Å². The standard InChI is InChI=1S/C36H65N3O24S/c1-56-31-27(52)23(48)19(44)14(60-31)7-38-35(64)37-6-4-2-3-5-18(43)39-36(11-57-32-28(53)24(49)20(45)15(8-40)61-32,12-58-33-29(54)25(50)21(46)16(9-41)62-33)13-59-34-30(55)26(51)22(47)17(10-42)63-34/h14-17,19-34,40-42,44-55H,2-13H2,1H3,(H,39,43)(H2,37,38,64)/t14-,15-,16-,17-,19-,20-,21-,22-,23+,24+,25+,26+,27-,28+,29+,30+,31+,32+,33+,34+/m1/s1. The predicted octanol–water partition coefficient (Wildman–Crippen LogP) is -10.2. The van der Waals surface area contributed by atoms with Crippen molar-refractivity contribution in [2.75, 3.05) is 59.8 Å². The van der Waals surface area contributed by atoms with Gasteiger partial charge < -0.3 is 130 Å². The summed E-state index contributed by atoms with van der Waals surface area (Å²) in [5.74, 6) is -0.704. The topological polar surface area (TPSA) is 430 Å². The molecule has 0 aliphatic carbocycles. The van der Waals surface area contributed by atoms with Gasteiger partial charge in [0.05, 0.1) is 39.6 Å². The van der Waals surface area contributed by atoms with Crippen LogP contribution in [0.2, 0.25) is 0 Å². The lowest BCUT2D eigenvalue weighted by Crippen LogP contribution is -2.65. The largest absolute Gasteiger partial charge is 0.394 e. The van der Waals surface area contributed by atoms with Crippen LogP contribution in [0.15, 0.2) is 0 Å². The minimum absolute atomic E-state index is 0.0428. The molecule has 0 saturated carbocycles. The molecule has 4 rings (SSSR count). The number of hydrogen-bond donors (Lipinski definition) is 18. The molecule has 0 aromatic rings. The molecule has 28 heteroatoms. The molecular weight excluding hydrogens is 890 g/mol. The molecule has 1 amide bonds. The van der Waals surface area contributed by atoms with Gasteiger partial charge in [-0.05, 0) is 25.1 Å². The van der Waals surface area contributed by atoms with Gasteiger partial charge in [-0.25, -0.2) is 0 Å². The van der Waals surface area contributed by atoms with Crippen LogP contribution >= 0.6 is 12.2 Å². The van der Waals surface area contributed by atoms with Gasteiger partial charge in [0.2, 0.25) is 5.91 Å². The van der Waals surface area contributed by atoms with Gasteiger partial charge in [-0.15, -0.1) is 0 Å². The Hall–Kier alpha value is -1.76. The second-order valence-electron chi connectivity index (χ2n) is 16.1. The minimum atomic E-state index is -2.04. The lowest BCUT2D eigenvalue weighted by Gasteiger charge is -2.44. The van der Waals surface area contributed by atoms with E-state index in [-0.39, 0.29) is 24.5 Å². The SMILES string of the molecule is CO[C@H]1O[C@H](CNC(=S)NCCCCCC(=O)NC(CO[C@H]2O[C@H](CO)[C@@H](O)[C@H](O)[C@@H]2O)(CO[C@H]2O[C@H](CO)[C@@H](O)[C@H](O)[C@@H]2O)CO[C@H]2O[C@H](CO)[C@@H](O)[C@H](O)[C@@H]2O)[C@@H](O)[C@H](O)[C@H]1O. The van der Waals surface area contributed by atoms with Gasteiger partial charge in [0.25, 0.3) is 0 Å². The number of methoxy groups -OCH3 is 1. The summed E-state index contributed by atoms with van der Waals surface area (Å²) in [6.07, 6.45) is -32.0. The third kappa shape index (κ3) is 13.9. The van der Waals surface area contributed by atoms with E-state index in [2.05, 4.69) is 16.0 Å². The highest BCUT2D eigenvalue weighted by Crippen LogP contribution is 2.28. The number of rotatable bonds is 22. The number of carbonyl (C=O) groups excluding carboxylic acids is 1. The number of aliphatic hydroxyl groups is 15. The van der Waals surface area contributed by atoms with E-state index in [0.717, 1.165) is 0 Å². The van der Waals surface area contributed by atoms with Crippen molar-refractivity contribution < 1.29 is 119 Å². The Morgan fingerprint density at radius 2 is 0.891 bits per heavy atom. The van der Waals surface area contributed by atoms with Crippen molar-refractivity contribution in [2.24, 2.45) is 0 Å². The number of carbonyl (C=O) groups is 1. The number of amides is 1. The van der Waals surface area contributed by atoms with Crippen molar-refractivity contribution in [1.82, 2.24) is 16.0 Å². The van der Waals surface area contributed by atoms with Gasteiger partial charge in [-0.3, -0.25) is 4.79 Å². The Morgan fingerprint density at radius 1 is 0.516 bits per heavy atom. The number of thiocarbonyl (C=S) groups is 1. The highest BCUT2D eigenvalue weighted by atomic mass is 32.1. The molecule has 20 atom stereocenters. The van der Waals surface area contributed by atoms with E-state index in [4.69, 9.17) is 50.1 Å². The van der Waals surface area contributed by atoms with Gasteiger partial charge in [0, 0.05) is 26.6 Å². The molecule has 374 valence electrons. The molecule has 0 aromatic carbocycles. The van der Waals surface area contributed by atoms with Crippen molar-refractivity contribution in [3.05, 3.63) is 0 Å². The Morgan fingerprint density at radius 3 is 1.28 bits per heavy atom. The molecule has 4 saturated heterocycles. The average Bonchev–Trinajstić information content (AvgIpc) is 3.28. The van der Waals surface area contributed by atoms with Crippen LogP contribution in [-0.2, 0) is 42.7 Å². The maximum absolute atomic E-state index is 13.7. The third-order valence-electron chi connectivity index (χ3n) is 11.3. The van der Waals surface area contributed by atoms with Crippen molar-refractivity contribution in [2.45, 2.75) is 154 Å². The van der Waals surface area contributed by atoms with Crippen LogP contribution in [0.25, 0.3) is 0 Å². The fraction of sp³-hybridized carbons (Fsp3) is 0.944. The fourth-order valence-corrected chi connectivity index (χ4v) is 7.44. The Kier molecular flexibility index (Phi) is 21.9. The van der Waals surface area contributed by atoms with Crippen molar-refractivity contribution in [3.8, 4) is 0 Å². The molecule has 4 heterocycles. The van der Waals surface area contributed by atoms with Crippen molar-refractivity contribution >= 4 is 23.2 Å². The zero-order valence-corrected chi connectivity index (χ0v) is 35.6. The van der Waals surface area contributed by atoms with Crippen LogP contribution in [0.1, 0.15) is 25.7 Å². The molecule has 64 heavy (non-hydrogen) atoms. The normalized spacial score (nSPS) is 40.8. The Bertz CT molecular complexity index is 1310. The molecule has 27 nitrogen and oxygen atoms in total. The van der Waals surface area contributed by atoms with E-state index in [9.17, 15) is 81.4 Å². The summed E-state index contributed by atoms with van der Waals surface area (Å²) in [6.45, 7) is -4.61. The fourth-order valence-electron chi connectivity index (χ4n) is 7.26. The summed E-state index contributed by atoms with van der Waals surface area (Å²) >= 11 is 5.27.